The molecular weight excluding hydrogens is 494 g/mol. The van der Waals surface area contributed by atoms with E-state index in [1.807, 2.05) is 30.5 Å². The third-order valence-electron chi connectivity index (χ3n) is 7.06. The molecule has 1 saturated heterocycles. The summed E-state index contributed by atoms with van der Waals surface area (Å²) < 4.78 is 1.81. The van der Waals surface area contributed by atoms with Crippen molar-refractivity contribution < 1.29 is 0 Å². The number of halogens is 1. The highest BCUT2D eigenvalue weighted by atomic mass is 35.5. The van der Waals surface area contributed by atoms with Crippen LogP contribution in [0.4, 0.5) is 10.8 Å². The molecule has 0 amide bonds. The molecule has 9 nitrogen and oxygen atoms in total. The SMILES string of the molecule is CC(C)Nc1cc(-c2ccc3cc(C#N)cnn23)ncc1-c1nnc(N2C[C@@H]3CC[C@@H](C2)C3N)s1.Cl. The number of pyridine rings is 1. The largest absolute Gasteiger partial charge is 0.382 e. The second kappa shape index (κ2) is 9.65. The highest BCUT2D eigenvalue weighted by Gasteiger charge is 2.40. The maximum atomic E-state index is 9.17. The van der Waals surface area contributed by atoms with Crippen molar-refractivity contribution in [3.05, 3.63) is 42.2 Å². The van der Waals surface area contributed by atoms with E-state index < -0.39 is 0 Å². The van der Waals surface area contributed by atoms with Crippen LogP contribution < -0.4 is 16.0 Å². The van der Waals surface area contributed by atoms with Crippen LogP contribution >= 0.6 is 23.7 Å². The molecule has 11 heteroatoms. The minimum absolute atomic E-state index is 0. The Balaban J connectivity index is 0.00000267. The van der Waals surface area contributed by atoms with Crippen molar-refractivity contribution in [2.24, 2.45) is 17.6 Å². The molecule has 0 unspecified atom stereocenters. The Morgan fingerprint density at radius 1 is 1.14 bits per heavy atom. The van der Waals surface area contributed by atoms with Gasteiger partial charge in [0, 0.05) is 37.1 Å². The lowest BCUT2D eigenvalue weighted by Gasteiger charge is -2.35. The molecule has 2 aliphatic rings. The number of nitrogens with two attached hydrogens (primary N) is 1. The van der Waals surface area contributed by atoms with Crippen LogP contribution in [-0.4, -0.2) is 50.0 Å². The monoisotopic (exact) mass is 521 g/mol. The molecule has 0 spiro atoms. The van der Waals surface area contributed by atoms with E-state index in [1.54, 1.807) is 22.0 Å². The van der Waals surface area contributed by atoms with Crippen LogP contribution in [0.2, 0.25) is 0 Å². The van der Waals surface area contributed by atoms with Crippen LogP contribution in [-0.2, 0) is 0 Å². The van der Waals surface area contributed by atoms with Gasteiger partial charge in [-0.25, -0.2) is 4.52 Å². The molecule has 1 aliphatic carbocycles. The normalized spacial score (nSPS) is 21.0. The van der Waals surface area contributed by atoms with E-state index in [1.165, 1.54) is 12.8 Å². The van der Waals surface area contributed by atoms with Crippen molar-refractivity contribution in [3.8, 4) is 28.0 Å². The summed E-state index contributed by atoms with van der Waals surface area (Å²) in [5, 5.41) is 28.1. The number of aromatic nitrogens is 5. The Morgan fingerprint density at radius 3 is 2.64 bits per heavy atom. The van der Waals surface area contributed by atoms with Crippen molar-refractivity contribution >= 4 is 40.1 Å². The lowest BCUT2D eigenvalue weighted by atomic mass is 9.93. The Bertz CT molecular complexity index is 1430. The van der Waals surface area contributed by atoms with Crippen molar-refractivity contribution in [2.45, 2.75) is 38.8 Å². The Labute approximate surface area is 219 Å². The van der Waals surface area contributed by atoms with Crippen molar-refractivity contribution in [1.29, 1.82) is 5.26 Å². The molecule has 3 N–H and O–H groups in total. The highest BCUT2D eigenvalue weighted by molar-refractivity contribution is 7.18. The second-order valence-corrected chi connectivity index (χ2v) is 10.8. The molecule has 186 valence electrons. The molecule has 1 saturated carbocycles. The summed E-state index contributed by atoms with van der Waals surface area (Å²) in [6.45, 7) is 6.14. The predicted octanol–water partition coefficient (Wildman–Crippen LogP) is 4.20. The second-order valence-electron chi connectivity index (χ2n) is 9.80. The minimum atomic E-state index is 0. The average Bonchev–Trinajstić information content (AvgIpc) is 3.54. The molecule has 2 fully saturated rings. The van der Waals surface area contributed by atoms with Crippen molar-refractivity contribution in [3.63, 3.8) is 0 Å². The lowest BCUT2D eigenvalue weighted by Crippen LogP contribution is -2.48. The van der Waals surface area contributed by atoms with Gasteiger partial charge in [0.2, 0.25) is 5.13 Å². The van der Waals surface area contributed by atoms with E-state index in [4.69, 9.17) is 16.0 Å². The summed E-state index contributed by atoms with van der Waals surface area (Å²) in [5.74, 6) is 1.10. The van der Waals surface area contributed by atoms with Gasteiger partial charge in [0.25, 0.3) is 0 Å². The third-order valence-corrected chi connectivity index (χ3v) is 8.08. The first-order valence-corrected chi connectivity index (χ1v) is 12.8. The molecule has 0 radical (unpaired) electrons. The number of fused-ring (bicyclic) bond motifs is 3. The highest BCUT2D eigenvalue weighted by Crippen LogP contribution is 2.40. The van der Waals surface area contributed by atoms with Crippen LogP contribution in [0, 0.1) is 23.2 Å². The zero-order valence-electron chi connectivity index (χ0n) is 20.1. The fraction of sp³-hybridized carbons (Fsp3) is 0.400. The smallest absolute Gasteiger partial charge is 0.208 e. The van der Waals surface area contributed by atoms with Gasteiger partial charge in [0.1, 0.15) is 6.07 Å². The first kappa shape index (κ1) is 24.4. The third kappa shape index (κ3) is 4.28. The number of rotatable bonds is 5. The molecular formula is C25H28ClN9S. The summed E-state index contributed by atoms with van der Waals surface area (Å²) in [5.41, 5.74) is 11.3. The maximum absolute atomic E-state index is 9.17. The van der Waals surface area contributed by atoms with Gasteiger partial charge in [-0.1, -0.05) is 11.3 Å². The van der Waals surface area contributed by atoms with E-state index >= 15 is 0 Å². The number of nitrogens with one attached hydrogen (secondary N) is 1. The van der Waals surface area contributed by atoms with Gasteiger partial charge >= 0.3 is 0 Å². The molecule has 6 rings (SSSR count). The number of anilines is 2. The zero-order chi connectivity index (χ0) is 24.1. The van der Waals surface area contributed by atoms with E-state index in [2.05, 4.69) is 45.4 Å². The first-order chi connectivity index (χ1) is 17.0. The number of piperidine rings is 1. The van der Waals surface area contributed by atoms with Crippen LogP contribution in [0.5, 0.6) is 0 Å². The fourth-order valence-electron chi connectivity index (χ4n) is 5.32. The molecule has 2 atom stereocenters. The number of hydrogen-bond donors (Lipinski definition) is 2. The standard InChI is InChI=1S/C25H27N9S.ClH/c1-14(2)30-20-8-21(22-6-5-18-7-15(9-26)10-29-34(18)22)28-11-19(20)24-31-32-25(35-24)33-12-16-3-4-17(13-33)23(16)27;/h5-8,10-11,14,16-17,23H,3-4,12-13,27H2,1-2H3,(H,28,30);1H/t16-,17-;/m0./s1. The molecule has 0 aromatic carbocycles. The summed E-state index contributed by atoms with van der Waals surface area (Å²) >= 11 is 1.61. The van der Waals surface area contributed by atoms with Gasteiger partial charge in [0.05, 0.1) is 34.2 Å². The van der Waals surface area contributed by atoms with Gasteiger partial charge in [-0.2, -0.15) is 10.4 Å². The van der Waals surface area contributed by atoms with Crippen LogP contribution in [0.25, 0.3) is 27.5 Å². The predicted molar refractivity (Wildman–Crippen MR) is 144 cm³/mol. The molecule has 5 heterocycles. The molecule has 4 aromatic heterocycles. The maximum Gasteiger partial charge on any atom is 0.208 e. The Kier molecular flexibility index (Phi) is 6.55. The van der Waals surface area contributed by atoms with E-state index in [9.17, 15) is 0 Å². The topological polar surface area (TPSA) is 121 Å². The van der Waals surface area contributed by atoms with Gasteiger partial charge in [0.15, 0.2) is 5.01 Å². The van der Waals surface area contributed by atoms with Gasteiger partial charge in [-0.3, -0.25) is 4.98 Å². The van der Waals surface area contributed by atoms with Crippen molar-refractivity contribution in [2.75, 3.05) is 23.3 Å². The average molecular weight is 522 g/mol. The fourth-order valence-corrected chi connectivity index (χ4v) is 6.21. The van der Waals surface area contributed by atoms with E-state index in [0.717, 1.165) is 51.4 Å². The van der Waals surface area contributed by atoms with Gasteiger partial charge < -0.3 is 16.0 Å². The number of nitrogens with zero attached hydrogens (tertiary/aromatic N) is 7. The summed E-state index contributed by atoms with van der Waals surface area (Å²) in [7, 11) is 0. The minimum Gasteiger partial charge on any atom is -0.382 e. The van der Waals surface area contributed by atoms with Crippen LogP contribution in [0.1, 0.15) is 32.3 Å². The summed E-state index contributed by atoms with van der Waals surface area (Å²) in [6, 6.07) is 10.5. The number of hydrogen-bond acceptors (Lipinski definition) is 9. The van der Waals surface area contributed by atoms with Crippen LogP contribution in [0.15, 0.2) is 36.7 Å². The van der Waals surface area contributed by atoms with Gasteiger partial charge in [-0.05, 0) is 62.8 Å². The Morgan fingerprint density at radius 2 is 1.92 bits per heavy atom. The quantitative estimate of drug-likeness (QED) is 0.400. The van der Waals surface area contributed by atoms with Crippen LogP contribution in [0.3, 0.4) is 0 Å². The molecule has 2 bridgehead atoms. The lowest BCUT2D eigenvalue weighted by molar-refractivity contribution is 0.356. The van der Waals surface area contributed by atoms with Gasteiger partial charge in [-0.15, -0.1) is 22.6 Å². The summed E-state index contributed by atoms with van der Waals surface area (Å²) in [4.78, 5) is 7.13. The molecule has 1 aliphatic heterocycles. The zero-order valence-corrected chi connectivity index (χ0v) is 21.8. The molecule has 4 aromatic rings. The van der Waals surface area contributed by atoms with E-state index in [-0.39, 0.29) is 18.4 Å². The summed E-state index contributed by atoms with van der Waals surface area (Å²) in [6.07, 6.45) is 5.86. The number of nitriles is 1. The van der Waals surface area contributed by atoms with E-state index in [0.29, 0.717) is 23.4 Å². The molecule has 36 heavy (non-hydrogen) atoms. The van der Waals surface area contributed by atoms with Crippen molar-refractivity contribution in [1.82, 2.24) is 24.8 Å². The first-order valence-electron chi connectivity index (χ1n) is 12.0. The Hall–Kier alpha value is -3.26.